The molecule has 2 aromatic heterocycles. The van der Waals surface area contributed by atoms with Crippen LogP contribution in [-0.2, 0) is 16.1 Å². The number of hydrogen-bond acceptors (Lipinski definition) is 8. The number of benzene rings is 1. The molecule has 12 heteroatoms. The lowest BCUT2D eigenvalue weighted by molar-refractivity contribution is -0.119. The van der Waals surface area contributed by atoms with Gasteiger partial charge in [-0.05, 0) is 28.6 Å². The summed E-state index contributed by atoms with van der Waals surface area (Å²) in [6.45, 7) is 2.08. The van der Waals surface area contributed by atoms with Gasteiger partial charge in [-0.15, -0.1) is 16.4 Å². The lowest BCUT2D eigenvalue weighted by Gasteiger charge is -2.14. The van der Waals surface area contributed by atoms with E-state index in [-0.39, 0.29) is 18.5 Å². The average Bonchev–Trinajstić information content (AvgIpc) is 3.15. The van der Waals surface area contributed by atoms with Crippen LogP contribution in [0.15, 0.2) is 29.9 Å². The van der Waals surface area contributed by atoms with Gasteiger partial charge in [0.1, 0.15) is 17.2 Å². The van der Waals surface area contributed by atoms with Crippen molar-refractivity contribution in [2.24, 2.45) is 0 Å². The predicted molar refractivity (Wildman–Crippen MR) is 103 cm³/mol. The molecule has 0 radical (unpaired) electrons. The molecule has 2 atom stereocenters. The highest BCUT2D eigenvalue weighted by Gasteiger charge is 2.64. The topological polar surface area (TPSA) is 115 Å². The molecule has 1 unspecified atom stereocenters. The van der Waals surface area contributed by atoms with Gasteiger partial charge in [-0.1, -0.05) is 0 Å². The highest BCUT2D eigenvalue weighted by molar-refractivity contribution is 7.09. The molecule has 1 aliphatic heterocycles. The highest BCUT2D eigenvalue weighted by atomic mass is 32.1. The highest BCUT2D eigenvalue weighted by Crippen LogP contribution is 2.46. The Morgan fingerprint density at radius 3 is 3.07 bits per heavy atom. The third-order valence-corrected chi connectivity index (χ3v) is 5.95. The van der Waals surface area contributed by atoms with Gasteiger partial charge in [0.2, 0.25) is 5.91 Å². The van der Waals surface area contributed by atoms with Crippen molar-refractivity contribution in [1.82, 2.24) is 30.5 Å². The summed E-state index contributed by atoms with van der Waals surface area (Å²) in [4.78, 5) is 29.4. The van der Waals surface area contributed by atoms with Crippen LogP contribution in [0.3, 0.4) is 0 Å². The smallest absolute Gasteiger partial charge is 0.415 e. The Morgan fingerprint density at radius 2 is 2.33 bits per heavy atom. The number of ether oxygens (including phenoxy) is 1. The zero-order chi connectivity index (χ0) is 20.9. The Labute approximate surface area is 173 Å². The minimum Gasteiger partial charge on any atom is -0.438 e. The van der Waals surface area contributed by atoms with Crippen LogP contribution in [0.2, 0.25) is 0 Å². The molecule has 10 nitrogen and oxygen atoms in total. The fourth-order valence-electron chi connectivity index (χ4n) is 3.57. The number of aromatic nitrogens is 5. The number of hydrogen-bond donors (Lipinski definition) is 1. The molecule has 154 valence electrons. The zero-order valence-corrected chi connectivity index (χ0v) is 16.6. The Kier molecular flexibility index (Phi) is 4.24. The van der Waals surface area contributed by atoms with Gasteiger partial charge in [0.15, 0.2) is 5.60 Å². The summed E-state index contributed by atoms with van der Waals surface area (Å²) in [7, 11) is 0. The van der Waals surface area contributed by atoms with Crippen LogP contribution in [0, 0.1) is 5.82 Å². The fraction of sp³-hybridized carbons (Fsp3) is 0.333. The molecule has 1 saturated heterocycles. The Morgan fingerprint density at radius 1 is 1.47 bits per heavy atom. The van der Waals surface area contributed by atoms with Crippen molar-refractivity contribution in [2.75, 3.05) is 11.4 Å². The van der Waals surface area contributed by atoms with E-state index in [1.54, 1.807) is 17.5 Å². The normalized spacial score (nSPS) is 22.4. The first-order chi connectivity index (χ1) is 14.4. The summed E-state index contributed by atoms with van der Waals surface area (Å²) in [6.07, 6.45) is 1.49. The van der Waals surface area contributed by atoms with Gasteiger partial charge in [-0.2, -0.15) is 0 Å². The molecule has 1 spiro atoms. The van der Waals surface area contributed by atoms with Crippen LogP contribution in [0.5, 0.6) is 0 Å². The van der Waals surface area contributed by atoms with Gasteiger partial charge in [-0.25, -0.2) is 18.9 Å². The first kappa shape index (κ1) is 18.6. The lowest BCUT2D eigenvalue weighted by atomic mass is 10.1. The summed E-state index contributed by atoms with van der Waals surface area (Å²) in [5.41, 5.74) is 0.511. The van der Waals surface area contributed by atoms with Crippen LogP contribution < -0.4 is 10.2 Å². The first-order valence-corrected chi connectivity index (χ1v) is 10.0. The van der Waals surface area contributed by atoms with E-state index < -0.39 is 17.5 Å². The second-order valence-electron chi connectivity index (χ2n) is 7.27. The predicted octanol–water partition coefficient (Wildman–Crippen LogP) is 1.59. The summed E-state index contributed by atoms with van der Waals surface area (Å²) >= 11 is 1.38. The number of anilines is 1. The van der Waals surface area contributed by atoms with Crippen molar-refractivity contribution in [3.05, 3.63) is 40.7 Å². The van der Waals surface area contributed by atoms with Crippen molar-refractivity contribution in [1.29, 1.82) is 0 Å². The second kappa shape index (κ2) is 6.83. The molecule has 1 saturated carbocycles. The summed E-state index contributed by atoms with van der Waals surface area (Å²) in [5, 5.41) is 16.2. The van der Waals surface area contributed by atoms with Crippen molar-refractivity contribution in [2.45, 2.75) is 31.5 Å². The van der Waals surface area contributed by atoms with E-state index in [9.17, 15) is 14.0 Å². The standard InChI is InChI=1S/C18H16FN7O3S/c1-10(27)21-15-5-18(15)8-26(17(28)29-18)11-2-3-12(13(19)4-11)14-7-30-16(22-14)6-25-9-20-23-24-25/h2-4,7,9,15H,5-6,8H2,1H3,(H,21,27)/t15-,18?/m0/s1. The molecule has 1 N–H and O–H groups in total. The maximum atomic E-state index is 14.9. The number of amides is 2. The zero-order valence-electron chi connectivity index (χ0n) is 15.8. The third kappa shape index (κ3) is 3.28. The first-order valence-electron chi connectivity index (χ1n) is 9.16. The maximum absolute atomic E-state index is 14.9. The Balaban J connectivity index is 1.33. The molecule has 3 aromatic rings. The van der Waals surface area contributed by atoms with Gasteiger partial charge >= 0.3 is 6.09 Å². The minimum absolute atomic E-state index is 0.176. The molecule has 2 aliphatic rings. The van der Waals surface area contributed by atoms with Crippen LogP contribution in [0.25, 0.3) is 11.3 Å². The SMILES string of the molecule is CC(=O)N[C@H]1CC12CN(c1ccc(-c3csc(Cn4cnnn4)n3)c(F)c1)C(=O)O2. The van der Waals surface area contributed by atoms with E-state index in [4.69, 9.17) is 4.74 Å². The van der Waals surface area contributed by atoms with E-state index in [1.807, 2.05) is 0 Å². The number of nitrogens with zero attached hydrogens (tertiary/aromatic N) is 6. The van der Waals surface area contributed by atoms with E-state index in [0.29, 0.717) is 29.9 Å². The van der Waals surface area contributed by atoms with E-state index >= 15 is 0 Å². The molecule has 2 amide bonds. The summed E-state index contributed by atoms with van der Waals surface area (Å²) in [6, 6.07) is 4.35. The molecule has 2 fully saturated rings. The van der Waals surface area contributed by atoms with Gasteiger partial charge in [0, 0.05) is 24.3 Å². The number of tetrazole rings is 1. The number of carbonyl (C=O) groups is 2. The summed E-state index contributed by atoms with van der Waals surface area (Å²) < 4.78 is 21.9. The monoisotopic (exact) mass is 429 g/mol. The molecule has 30 heavy (non-hydrogen) atoms. The number of halogens is 1. The van der Waals surface area contributed by atoms with Gasteiger partial charge in [0.05, 0.1) is 30.5 Å². The quantitative estimate of drug-likeness (QED) is 0.655. The van der Waals surface area contributed by atoms with Crippen LogP contribution in [0.4, 0.5) is 14.9 Å². The van der Waals surface area contributed by atoms with Gasteiger partial charge in [0.25, 0.3) is 0 Å². The van der Waals surface area contributed by atoms with Crippen LogP contribution in [-0.4, -0.2) is 55.4 Å². The lowest BCUT2D eigenvalue weighted by Crippen LogP contribution is -2.33. The Bertz CT molecular complexity index is 1130. The molecular weight excluding hydrogens is 413 g/mol. The molecule has 1 aliphatic carbocycles. The fourth-order valence-corrected chi connectivity index (χ4v) is 4.36. The van der Waals surface area contributed by atoms with E-state index in [2.05, 4.69) is 25.8 Å². The van der Waals surface area contributed by atoms with Gasteiger partial charge < -0.3 is 10.1 Å². The second-order valence-corrected chi connectivity index (χ2v) is 8.22. The van der Waals surface area contributed by atoms with Gasteiger partial charge in [-0.3, -0.25) is 9.69 Å². The molecule has 5 rings (SSSR count). The average molecular weight is 429 g/mol. The van der Waals surface area contributed by atoms with Crippen molar-refractivity contribution >= 4 is 29.0 Å². The third-order valence-electron chi connectivity index (χ3n) is 5.12. The molecule has 3 heterocycles. The number of thiazole rings is 1. The number of carbonyl (C=O) groups excluding carboxylic acids is 2. The largest absolute Gasteiger partial charge is 0.438 e. The number of nitrogens with one attached hydrogen (secondary N) is 1. The molecule has 0 bridgehead atoms. The van der Waals surface area contributed by atoms with Crippen molar-refractivity contribution in [3.63, 3.8) is 0 Å². The van der Waals surface area contributed by atoms with E-state index in [0.717, 1.165) is 5.01 Å². The Hall–Kier alpha value is -3.41. The van der Waals surface area contributed by atoms with Crippen LogP contribution >= 0.6 is 11.3 Å². The summed E-state index contributed by atoms with van der Waals surface area (Å²) in [5.74, 6) is -0.667. The molecule has 1 aromatic carbocycles. The number of rotatable bonds is 5. The van der Waals surface area contributed by atoms with E-state index in [1.165, 1.54) is 40.2 Å². The molecular formula is C18H16FN7O3S. The minimum atomic E-state index is -0.724. The van der Waals surface area contributed by atoms with Crippen molar-refractivity contribution < 1.29 is 18.7 Å². The van der Waals surface area contributed by atoms with Crippen LogP contribution in [0.1, 0.15) is 18.4 Å². The van der Waals surface area contributed by atoms with Crippen molar-refractivity contribution in [3.8, 4) is 11.3 Å². The maximum Gasteiger partial charge on any atom is 0.415 e.